The quantitative estimate of drug-likeness (QED) is 0.314. The molecule has 2 N–H and O–H groups in total. The first-order chi connectivity index (χ1) is 21.1. The molecule has 250 valence electrons. The average Bonchev–Trinajstić information content (AvgIpc) is 3.21. The second-order valence-electron chi connectivity index (χ2n) is 12.9. The predicted octanol–water partition coefficient (Wildman–Crippen LogP) is 7.03. The number of carbonyl (C=O) groups is 1. The second-order valence-corrected chi connectivity index (χ2v) is 12.9. The average molecular weight is 643 g/mol. The molecule has 3 aliphatic rings. The van der Waals surface area contributed by atoms with Crippen LogP contribution in [0.25, 0.3) is 0 Å². The fourth-order valence-corrected chi connectivity index (χ4v) is 7.06. The highest BCUT2D eigenvalue weighted by molar-refractivity contribution is 5.82. The number of fused-ring (bicyclic) bond motifs is 1. The lowest BCUT2D eigenvalue weighted by Crippen LogP contribution is -2.49. The van der Waals surface area contributed by atoms with Gasteiger partial charge in [0.1, 0.15) is 5.56 Å². The van der Waals surface area contributed by atoms with E-state index in [2.05, 4.69) is 15.3 Å². The summed E-state index contributed by atoms with van der Waals surface area (Å²) in [5, 5.41) is 3.28. The summed E-state index contributed by atoms with van der Waals surface area (Å²) in [6.07, 6.45) is -0.00759. The highest BCUT2D eigenvalue weighted by atomic mass is 19.4. The van der Waals surface area contributed by atoms with E-state index in [1.165, 1.54) is 6.08 Å². The lowest BCUT2D eigenvalue weighted by Gasteiger charge is -2.31. The number of allylic oxidation sites excluding steroid dienone is 4. The lowest BCUT2D eigenvalue weighted by atomic mass is 9.81. The van der Waals surface area contributed by atoms with Crippen LogP contribution in [-0.2, 0) is 29.2 Å². The number of hydrogen-bond donors (Lipinski definition) is 2. The number of hydrogen-bond acceptors (Lipinski definition) is 4. The van der Waals surface area contributed by atoms with Crippen LogP contribution in [0, 0.1) is 11.8 Å². The van der Waals surface area contributed by atoms with E-state index in [0.29, 0.717) is 62.1 Å². The minimum absolute atomic E-state index is 0.00469. The van der Waals surface area contributed by atoms with Crippen molar-refractivity contribution >= 4 is 12.1 Å². The molecule has 3 heterocycles. The Morgan fingerprint density at radius 3 is 2.42 bits per heavy atom. The van der Waals surface area contributed by atoms with E-state index in [9.17, 15) is 35.9 Å². The largest absolute Gasteiger partial charge is 0.421 e. The number of aryl methyl sites for hydroxylation is 1. The predicted molar refractivity (Wildman–Crippen MR) is 162 cm³/mol. The Labute approximate surface area is 260 Å². The Kier molecular flexibility index (Phi) is 10.8. The smallest absolute Gasteiger partial charge is 0.341 e. The van der Waals surface area contributed by atoms with Gasteiger partial charge in [-0.1, -0.05) is 39.3 Å². The minimum atomic E-state index is -4.76. The van der Waals surface area contributed by atoms with Crippen LogP contribution in [0.3, 0.4) is 0 Å². The monoisotopic (exact) mass is 642 g/mol. The van der Waals surface area contributed by atoms with E-state index in [4.69, 9.17) is 0 Å². The SMILES string of the molecule is CCc1[nH]c(=O)c(C(F)(F)F)c2c1[C@](C)(CN[C@@H](C)C(=O)N1CCCCC(C3=CC(CC)C=C(C(F)(F)F)C=N3)CCC1)CC2. The third-order valence-corrected chi connectivity index (χ3v) is 9.60. The van der Waals surface area contributed by atoms with Gasteiger partial charge in [0.2, 0.25) is 5.91 Å². The molecule has 0 saturated carbocycles. The molecule has 1 aromatic rings. The number of aliphatic imine (C=N–C) groups is 1. The molecule has 1 aromatic heterocycles. The van der Waals surface area contributed by atoms with E-state index in [1.54, 1.807) is 13.8 Å². The first kappa shape index (κ1) is 35.0. The van der Waals surface area contributed by atoms with Gasteiger partial charge in [-0.05, 0) is 75.3 Å². The fraction of sp³-hybridized carbons (Fsp3) is 0.667. The number of halogens is 6. The zero-order valence-corrected chi connectivity index (χ0v) is 26.4. The number of nitrogens with zero attached hydrogens (tertiary/aromatic N) is 2. The fourth-order valence-electron chi connectivity index (χ4n) is 7.06. The van der Waals surface area contributed by atoms with Gasteiger partial charge in [0, 0.05) is 48.6 Å². The molecule has 0 radical (unpaired) electrons. The Morgan fingerprint density at radius 1 is 1.09 bits per heavy atom. The summed E-state index contributed by atoms with van der Waals surface area (Å²) in [4.78, 5) is 34.4. The Balaban J connectivity index is 1.41. The maximum Gasteiger partial charge on any atom is 0.421 e. The first-order valence-electron chi connectivity index (χ1n) is 16.0. The minimum Gasteiger partial charge on any atom is -0.341 e. The number of aromatic amines is 1. The van der Waals surface area contributed by atoms with Crippen molar-refractivity contribution in [2.24, 2.45) is 16.8 Å². The first-order valence-corrected chi connectivity index (χ1v) is 16.0. The number of pyridine rings is 1. The van der Waals surface area contributed by atoms with Crippen LogP contribution in [0.2, 0.25) is 0 Å². The van der Waals surface area contributed by atoms with Gasteiger partial charge in [0.25, 0.3) is 5.56 Å². The van der Waals surface area contributed by atoms with Crippen LogP contribution < -0.4 is 10.9 Å². The second kappa shape index (κ2) is 13.8. The summed E-state index contributed by atoms with van der Waals surface area (Å²) in [6, 6.07) is -0.580. The van der Waals surface area contributed by atoms with Crippen molar-refractivity contribution in [3.8, 4) is 0 Å². The molecule has 1 saturated heterocycles. The van der Waals surface area contributed by atoms with Crippen molar-refractivity contribution in [2.75, 3.05) is 19.6 Å². The summed E-state index contributed by atoms with van der Waals surface area (Å²) in [5.74, 6) is -0.440. The number of amides is 1. The summed E-state index contributed by atoms with van der Waals surface area (Å²) in [5.41, 5.74) is -1.88. The molecule has 2 unspecified atom stereocenters. The number of rotatable bonds is 7. The van der Waals surface area contributed by atoms with Gasteiger partial charge in [0.05, 0.1) is 11.6 Å². The van der Waals surface area contributed by atoms with Crippen molar-refractivity contribution in [1.29, 1.82) is 0 Å². The number of alkyl halides is 6. The molecular weight excluding hydrogens is 598 g/mol. The van der Waals surface area contributed by atoms with Gasteiger partial charge in [-0.15, -0.1) is 0 Å². The van der Waals surface area contributed by atoms with Crippen LogP contribution >= 0.6 is 0 Å². The molecule has 4 atom stereocenters. The number of nitrogens with one attached hydrogen (secondary N) is 2. The molecule has 12 heteroatoms. The Bertz CT molecular complexity index is 1390. The van der Waals surface area contributed by atoms with Gasteiger partial charge in [-0.25, -0.2) is 0 Å². The summed E-state index contributed by atoms with van der Waals surface area (Å²) in [7, 11) is 0. The third kappa shape index (κ3) is 7.92. The van der Waals surface area contributed by atoms with E-state index in [1.807, 2.05) is 24.8 Å². The third-order valence-electron chi connectivity index (χ3n) is 9.60. The van der Waals surface area contributed by atoms with Crippen LogP contribution in [0.4, 0.5) is 26.3 Å². The molecule has 1 fully saturated rings. The van der Waals surface area contributed by atoms with Gasteiger partial charge < -0.3 is 15.2 Å². The van der Waals surface area contributed by atoms with Crippen molar-refractivity contribution < 1.29 is 31.1 Å². The van der Waals surface area contributed by atoms with Crippen LogP contribution in [-0.4, -0.2) is 53.9 Å². The van der Waals surface area contributed by atoms with Gasteiger partial charge in [-0.2, -0.15) is 26.3 Å². The van der Waals surface area contributed by atoms with Crippen LogP contribution in [0.15, 0.2) is 33.2 Å². The highest BCUT2D eigenvalue weighted by Gasteiger charge is 2.45. The zero-order valence-electron chi connectivity index (χ0n) is 26.4. The van der Waals surface area contributed by atoms with E-state index in [0.717, 1.165) is 25.5 Å². The number of aromatic nitrogens is 1. The standard InChI is InChI=1S/C33H44F6N4O2/c1-5-21-16-23(32(34,35)36)18-40-26(17-21)22-10-7-8-14-43(15-9-11-22)30(45)20(3)41-19-31(4)13-12-24-27(31)25(6-2)42-29(44)28(24)33(37,38)39/h16-18,20-22,41H,5-15,19H2,1-4H3,(H,42,44)/t20-,21?,22?,31-/m0/s1. The normalized spacial score (nSPS) is 25.4. The summed E-state index contributed by atoms with van der Waals surface area (Å²) >= 11 is 0. The molecule has 6 nitrogen and oxygen atoms in total. The lowest BCUT2D eigenvalue weighted by molar-refractivity contribution is -0.139. The van der Waals surface area contributed by atoms with Crippen LogP contribution in [0.1, 0.15) is 95.0 Å². The topological polar surface area (TPSA) is 77.6 Å². The number of carbonyl (C=O) groups excluding carboxylic acids is 1. The molecule has 1 aliphatic carbocycles. The maximum absolute atomic E-state index is 13.8. The van der Waals surface area contributed by atoms with Crippen molar-refractivity contribution in [3.63, 3.8) is 0 Å². The summed E-state index contributed by atoms with van der Waals surface area (Å²) < 4.78 is 81.7. The molecule has 0 spiro atoms. The highest BCUT2D eigenvalue weighted by Crippen LogP contribution is 2.44. The molecule has 0 bridgehead atoms. The van der Waals surface area contributed by atoms with E-state index >= 15 is 0 Å². The van der Waals surface area contributed by atoms with Gasteiger partial charge >= 0.3 is 12.4 Å². The van der Waals surface area contributed by atoms with Crippen molar-refractivity contribution in [2.45, 2.75) is 109 Å². The number of H-pyrrole nitrogens is 1. The van der Waals surface area contributed by atoms with E-state index < -0.39 is 40.5 Å². The summed E-state index contributed by atoms with van der Waals surface area (Å²) in [6.45, 7) is 8.60. The van der Waals surface area contributed by atoms with Gasteiger partial charge in [-0.3, -0.25) is 14.6 Å². The molecule has 1 amide bonds. The maximum atomic E-state index is 13.8. The van der Waals surface area contributed by atoms with Crippen molar-refractivity contribution in [1.82, 2.24) is 15.2 Å². The molecule has 45 heavy (non-hydrogen) atoms. The zero-order chi connectivity index (χ0) is 33.2. The molecule has 0 aromatic carbocycles. The molecular formula is C33H44F6N4O2. The van der Waals surface area contributed by atoms with Crippen LogP contribution in [0.5, 0.6) is 0 Å². The Morgan fingerprint density at radius 2 is 1.78 bits per heavy atom. The van der Waals surface area contributed by atoms with E-state index in [-0.39, 0.29) is 36.3 Å². The van der Waals surface area contributed by atoms with Gasteiger partial charge in [0.15, 0.2) is 0 Å². The Hall–Kier alpha value is -2.89. The molecule has 2 aliphatic heterocycles. The van der Waals surface area contributed by atoms with Crippen molar-refractivity contribution in [3.05, 3.63) is 56.2 Å². The molecule has 4 rings (SSSR count).